The molecule has 0 atom stereocenters. The van der Waals surface area contributed by atoms with Crippen molar-refractivity contribution in [3.63, 3.8) is 0 Å². The van der Waals surface area contributed by atoms with Gasteiger partial charge in [-0.3, -0.25) is 9.52 Å². The van der Waals surface area contributed by atoms with E-state index in [4.69, 9.17) is 0 Å². The van der Waals surface area contributed by atoms with Crippen LogP contribution in [0.25, 0.3) is 0 Å². The van der Waals surface area contributed by atoms with Crippen LogP contribution in [0.4, 0.5) is 15.8 Å². The van der Waals surface area contributed by atoms with Gasteiger partial charge in [-0.1, -0.05) is 18.2 Å². The number of benzene rings is 2. The van der Waals surface area contributed by atoms with Gasteiger partial charge in [0.15, 0.2) is 0 Å². The van der Waals surface area contributed by atoms with E-state index in [-0.39, 0.29) is 11.7 Å². The van der Waals surface area contributed by atoms with Gasteiger partial charge in [-0.05, 0) is 35.9 Å². The van der Waals surface area contributed by atoms with Crippen LogP contribution < -0.4 is 10.0 Å². The van der Waals surface area contributed by atoms with Crippen LogP contribution >= 0.6 is 0 Å². The minimum Gasteiger partial charge on any atom is -0.326 e. The molecule has 0 radical (unpaired) electrons. The Morgan fingerprint density at radius 2 is 1.73 bits per heavy atom. The summed E-state index contributed by atoms with van der Waals surface area (Å²) >= 11 is 0. The van der Waals surface area contributed by atoms with Gasteiger partial charge >= 0.3 is 0 Å². The van der Waals surface area contributed by atoms with Crippen molar-refractivity contribution >= 4 is 27.3 Å². The normalized spacial score (nSPS) is 11.0. The summed E-state index contributed by atoms with van der Waals surface area (Å²) in [6, 6.07) is 11.6. The largest absolute Gasteiger partial charge is 0.326 e. The van der Waals surface area contributed by atoms with Gasteiger partial charge in [0.25, 0.3) is 0 Å². The molecule has 0 aromatic heterocycles. The average molecular weight is 322 g/mol. The summed E-state index contributed by atoms with van der Waals surface area (Å²) in [4.78, 5) is 11.0. The fourth-order valence-electron chi connectivity index (χ4n) is 1.88. The number of carbonyl (C=O) groups excluding carboxylic acids is 1. The maximum atomic E-state index is 12.8. The molecule has 0 heterocycles. The van der Waals surface area contributed by atoms with E-state index in [0.29, 0.717) is 16.9 Å². The molecule has 0 aliphatic heterocycles. The lowest BCUT2D eigenvalue weighted by atomic mass is 10.2. The minimum absolute atomic E-state index is 0.244. The number of halogens is 1. The maximum absolute atomic E-state index is 12.8. The summed E-state index contributed by atoms with van der Waals surface area (Å²) in [7, 11) is -3.63. The molecule has 0 saturated heterocycles. The third kappa shape index (κ3) is 4.85. The molecule has 2 aromatic carbocycles. The first kappa shape index (κ1) is 16.0. The van der Waals surface area contributed by atoms with E-state index in [1.807, 2.05) is 0 Å². The van der Waals surface area contributed by atoms with Crippen molar-refractivity contribution in [3.8, 4) is 0 Å². The van der Waals surface area contributed by atoms with Crippen molar-refractivity contribution in [1.29, 1.82) is 0 Å². The number of sulfonamides is 1. The van der Waals surface area contributed by atoms with Crippen LogP contribution in [0.2, 0.25) is 0 Å². The van der Waals surface area contributed by atoms with Gasteiger partial charge < -0.3 is 5.32 Å². The molecule has 116 valence electrons. The highest BCUT2D eigenvalue weighted by atomic mass is 32.2. The van der Waals surface area contributed by atoms with Crippen LogP contribution in [0.15, 0.2) is 48.5 Å². The molecular formula is C15H15FN2O3S. The maximum Gasteiger partial charge on any atom is 0.236 e. The lowest BCUT2D eigenvalue weighted by Gasteiger charge is -2.10. The second-order valence-corrected chi connectivity index (χ2v) is 6.47. The number of rotatable bonds is 5. The number of hydrogen-bond donors (Lipinski definition) is 2. The van der Waals surface area contributed by atoms with Gasteiger partial charge in [0.2, 0.25) is 15.9 Å². The third-order valence-electron chi connectivity index (χ3n) is 2.73. The fourth-order valence-corrected chi connectivity index (χ4v) is 3.07. The first-order chi connectivity index (χ1) is 10.3. The number of hydrogen-bond acceptors (Lipinski definition) is 3. The van der Waals surface area contributed by atoms with E-state index in [1.165, 1.54) is 37.3 Å². The lowest BCUT2D eigenvalue weighted by molar-refractivity contribution is -0.114. The molecule has 0 fully saturated rings. The smallest absolute Gasteiger partial charge is 0.236 e. The quantitative estimate of drug-likeness (QED) is 0.889. The second kappa shape index (κ2) is 6.57. The van der Waals surface area contributed by atoms with Crippen molar-refractivity contribution in [2.75, 3.05) is 10.0 Å². The first-order valence-electron chi connectivity index (χ1n) is 6.47. The van der Waals surface area contributed by atoms with Gasteiger partial charge in [-0.15, -0.1) is 0 Å². The Balaban J connectivity index is 2.11. The zero-order valence-corrected chi connectivity index (χ0v) is 12.7. The average Bonchev–Trinajstić information content (AvgIpc) is 2.40. The molecule has 2 N–H and O–H groups in total. The Morgan fingerprint density at radius 1 is 1.09 bits per heavy atom. The minimum atomic E-state index is -3.63. The van der Waals surface area contributed by atoms with Crippen molar-refractivity contribution < 1.29 is 17.6 Å². The predicted molar refractivity (Wildman–Crippen MR) is 83.4 cm³/mol. The molecule has 7 heteroatoms. The SMILES string of the molecule is CC(=O)Nc1cccc(NS(=O)(=O)Cc2ccc(F)cc2)c1. The van der Waals surface area contributed by atoms with E-state index in [0.717, 1.165) is 0 Å². The van der Waals surface area contributed by atoms with E-state index in [1.54, 1.807) is 18.2 Å². The molecule has 22 heavy (non-hydrogen) atoms. The zero-order valence-electron chi connectivity index (χ0n) is 11.8. The van der Waals surface area contributed by atoms with Crippen LogP contribution in [0.3, 0.4) is 0 Å². The Hall–Kier alpha value is -2.41. The second-order valence-electron chi connectivity index (χ2n) is 4.75. The molecule has 0 bridgehead atoms. The van der Waals surface area contributed by atoms with Gasteiger partial charge in [0.05, 0.1) is 11.4 Å². The molecule has 0 saturated carbocycles. The standard InChI is InChI=1S/C15H15FN2O3S/c1-11(19)17-14-3-2-4-15(9-14)18-22(20,21)10-12-5-7-13(16)8-6-12/h2-9,18H,10H2,1H3,(H,17,19). The summed E-state index contributed by atoms with van der Waals surface area (Å²) in [6.07, 6.45) is 0. The summed E-state index contributed by atoms with van der Waals surface area (Å²) < 4.78 is 39.4. The van der Waals surface area contributed by atoms with Crippen molar-refractivity contribution in [2.45, 2.75) is 12.7 Å². The monoisotopic (exact) mass is 322 g/mol. The summed E-state index contributed by atoms with van der Waals surface area (Å²) in [6.45, 7) is 1.37. The van der Waals surface area contributed by atoms with Crippen LogP contribution in [-0.2, 0) is 20.6 Å². The highest BCUT2D eigenvalue weighted by Gasteiger charge is 2.12. The van der Waals surface area contributed by atoms with Gasteiger partial charge in [-0.2, -0.15) is 0 Å². The third-order valence-corrected chi connectivity index (χ3v) is 3.99. The van der Waals surface area contributed by atoms with Crippen molar-refractivity contribution in [1.82, 2.24) is 0 Å². The first-order valence-corrected chi connectivity index (χ1v) is 8.12. The van der Waals surface area contributed by atoms with Crippen molar-refractivity contribution in [3.05, 3.63) is 59.9 Å². The number of carbonyl (C=O) groups is 1. The van der Waals surface area contributed by atoms with Crippen LogP contribution in [-0.4, -0.2) is 14.3 Å². The molecule has 2 rings (SSSR count). The van der Waals surface area contributed by atoms with E-state index in [2.05, 4.69) is 10.0 Å². The number of amides is 1. The zero-order chi connectivity index (χ0) is 16.2. The Bertz CT molecular complexity index is 774. The molecule has 0 unspecified atom stereocenters. The topological polar surface area (TPSA) is 75.3 Å². The van der Waals surface area contributed by atoms with E-state index in [9.17, 15) is 17.6 Å². The highest BCUT2D eigenvalue weighted by Crippen LogP contribution is 2.18. The van der Waals surface area contributed by atoms with Gasteiger partial charge in [0.1, 0.15) is 5.82 Å². The van der Waals surface area contributed by atoms with Crippen molar-refractivity contribution in [2.24, 2.45) is 0 Å². The molecule has 0 aliphatic rings. The molecule has 5 nitrogen and oxygen atoms in total. The molecule has 0 aliphatic carbocycles. The summed E-state index contributed by atoms with van der Waals surface area (Å²) in [5.41, 5.74) is 1.31. The Labute approximate surface area is 128 Å². The van der Waals surface area contributed by atoms with Gasteiger partial charge in [0, 0.05) is 12.6 Å². The number of anilines is 2. The van der Waals surface area contributed by atoms with Crippen LogP contribution in [0.5, 0.6) is 0 Å². The Kier molecular flexibility index (Phi) is 4.77. The molecular weight excluding hydrogens is 307 g/mol. The fraction of sp³-hybridized carbons (Fsp3) is 0.133. The molecule has 1 amide bonds. The van der Waals surface area contributed by atoms with Crippen LogP contribution in [0.1, 0.15) is 12.5 Å². The predicted octanol–water partition coefficient (Wildman–Crippen LogP) is 2.73. The number of nitrogens with one attached hydrogen (secondary N) is 2. The van der Waals surface area contributed by atoms with Gasteiger partial charge in [-0.25, -0.2) is 12.8 Å². The van der Waals surface area contributed by atoms with E-state index >= 15 is 0 Å². The lowest BCUT2D eigenvalue weighted by Crippen LogP contribution is -2.15. The molecule has 2 aromatic rings. The summed E-state index contributed by atoms with van der Waals surface area (Å²) in [5, 5.41) is 2.57. The van der Waals surface area contributed by atoms with E-state index < -0.39 is 15.8 Å². The highest BCUT2D eigenvalue weighted by molar-refractivity contribution is 7.91. The molecule has 0 spiro atoms. The Morgan fingerprint density at radius 3 is 2.36 bits per heavy atom. The summed E-state index contributed by atoms with van der Waals surface area (Å²) in [5.74, 6) is -0.930. The van der Waals surface area contributed by atoms with Crippen LogP contribution in [0, 0.1) is 5.82 Å².